The predicted octanol–water partition coefficient (Wildman–Crippen LogP) is 4.12. The Morgan fingerprint density at radius 2 is 1.82 bits per heavy atom. The first-order chi connectivity index (χ1) is 16.1. The van der Waals surface area contributed by atoms with E-state index in [0.29, 0.717) is 27.4 Å². The molecule has 1 atom stereocenters. The van der Waals surface area contributed by atoms with Crippen molar-refractivity contribution in [1.29, 1.82) is 0 Å². The van der Waals surface area contributed by atoms with E-state index in [-0.39, 0.29) is 16.8 Å². The number of nitrogens with one attached hydrogen (secondary N) is 1. The molecule has 1 heterocycles. The molecule has 0 unspecified atom stereocenters. The van der Waals surface area contributed by atoms with Gasteiger partial charge in [0, 0.05) is 36.1 Å². The summed E-state index contributed by atoms with van der Waals surface area (Å²) in [7, 11) is -2.37. The van der Waals surface area contributed by atoms with Crippen molar-refractivity contribution in [1.82, 2.24) is 10.2 Å². The molecule has 1 aliphatic rings. The molecule has 2 aromatic carbocycles. The zero-order valence-corrected chi connectivity index (χ0v) is 21.8. The van der Waals surface area contributed by atoms with Gasteiger partial charge in [-0.25, -0.2) is 8.42 Å². The molecule has 6 nitrogen and oxygen atoms in total. The Morgan fingerprint density at radius 1 is 1.15 bits per heavy atom. The van der Waals surface area contributed by atoms with Gasteiger partial charge < -0.3 is 10.2 Å². The van der Waals surface area contributed by atoms with Crippen LogP contribution in [0.1, 0.15) is 42.9 Å². The Kier molecular flexibility index (Phi) is 8.64. The summed E-state index contributed by atoms with van der Waals surface area (Å²) < 4.78 is 28.0. The van der Waals surface area contributed by atoms with Gasteiger partial charge in [0.1, 0.15) is 0 Å². The van der Waals surface area contributed by atoms with Crippen LogP contribution in [-0.4, -0.2) is 51.9 Å². The van der Waals surface area contributed by atoms with Gasteiger partial charge in [-0.2, -0.15) is 0 Å². The summed E-state index contributed by atoms with van der Waals surface area (Å²) in [6.45, 7) is 8.38. The van der Waals surface area contributed by atoms with Gasteiger partial charge in [0.2, 0.25) is 0 Å². The second-order valence-corrected chi connectivity index (χ2v) is 11.2. The highest BCUT2D eigenvalue weighted by Gasteiger charge is 2.25. The third-order valence-electron chi connectivity index (χ3n) is 6.01. The molecule has 1 fully saturated rings. The van der Waals surface area contributed by atoms with E-state index in [1.165, 1.54) is 30.6 Å². The van der Waals surface area contributed by atoms with Crippen molar-refractivity contribution < 1.29 is 13.2 Å². The number of sulfonamides is 1. The van der Waals surface area contributed by atoms with E-state index in [0.717, 1.165) is 19.6 Å². The van der Waals surface area contributed by atoms with Crippen molar-refractivity contribution in [2.45, 2.75) is 51.0 Å². The largest absolute Gasteiger partial charge is 0.342 e. The summed E-state index contributed by atoms with van der Waals surface area (Å²) >= 11 is 6.15. The number of benzene rings is 2. The van der Waals surface area contributed by atoms with Crippen molar-refractivity contribution in [2.24, 2.45) is 0 Å². The molecule has 0 bridgehead atoms. The lowest BCUT2D eigenvalue weighted by atomic mass is 10.1. The Balaban J connectivity index is 1.78. The van der Waals surface area contributed by atoms with Gasteiger partial charge in [-0.3, -0.25) is 9.10 Å². The highest BCUT2D eigenvalue weighted by Crippen LogP contribution is 2.29. The van der Waals surface area contributed by atoms with Gasteiger partial charge in [-0.05, 0) is 82.1 Å². The molecule has 0 radical (unpaired) electrons. The molecule has 1 N–H and O–H groups in total. The van der Waals surface area contributed by atoms with E-state index in [1.807, 2.05) is 6.92 Å². The van der Waals surface area contributed by atoms with E-state index in [1.54, 1.807) is 50.2 Å². The predicted molar refractivity (Wildman–Crippen MR) is 138 cm³/mol. The molecule has 34 heavy (non-hydrogen) atoms. The zero-order valence-electron chi connectivity index (χ0n) is 20.2. The number of halogens is 1. The number of carbonyl (C=O) groups excluding carboxylic acids is 1. The quantitative estimate of drug-likeness (QED) is 0.604. The summed E-state index contributed by atoms with van der Waals surface area (Å²) in [5.74, 6) is 5.10. The second kappa shape index (κ2) is 11.3. The number of para-hydroxylation sites is 1. The highest BCUT2D eigenvalue weighted by molar-refractivity contribution is 7.92. The average Bonchev–Trinajstić information content (AvgIpc) is 2.80. The van der Waals surface area contributed by atoms with E-state index in [2.05, 4.69) is 22.1 Å². The fourth-order valence-corrected chi connectivity index (χ4v) is 5.85. The number of rotatable bonds is 6. The molecule has 1 amide bonds. The first-order valence-corrected chi connectivity index (χ1v) is 13.3. The lowest BCUT2D eigenvalue weighted by molar-refractivity contribution is -0.116. The zero-order chi connectivity index (χ0) is 24.9. The summed E-state index contributed by atoms with van der Waals surface area (Å²) in [4.78, 5) is 15.0. The molecule has 0 spiro atoms. The number of likely N-dealkylation sites (tertiary alicyclic amines) is 1. The maximum absolute atomic E-state index is 13.4. The molecule has 1 saturated heterocycles. The lowest BCUT2D eigenvalue weighted by Gasteiger charge is -2.29. The number of hydrogen-bond donors (Lipinski definition) is 1. The number of carbonyl (C=O) groups is 1. The Bertz CT molecular complexity index is 1210. The number of amides is 1. The van der Waals surface area contributed by atoms with Gasteiger partial charge in [0.15, 0.2) is 0 Å². The summed E-state index contributed by atoms with van der Waals surface area (Å²) in [6.07, 6.45) is 3.66. The number of hydrogen-bond acceptors (Lipinski definition) is 4. The van der Waals surface area contributed by atoms with Gasteiger partial charge >= 0.3 is 0 Å². The molecule has 182 valence electrons. The average molecular weight is 502 g/mol. The van der Waals surface area contributed by atoms with Crippen LogP contribution < -0.4 is 9.62 Å². The van der Waals surface area contributed by atoms with Gasteiger partial charge in [0.05, 0.1) is 10.6 Å². The summed E-state index contributed by atoms with van der Waals surface area (Å²) in [5, 5.41) is 3.44. The molecule has 3 rings (SSSR count). The van der Waals surface area contributed by atoms with Crippen LogP contribution in [0.15, 0.2) is 41.3 Å². The first kappa shape index (κ1) is 26.1. The number of nitrogens with zero attached hydrogens (tertiary/aromatic N) is 2. The lowest BCUT2D eigenvalue weighted by Crippen LogP contribution is -2.43. The Labute approximate surface area is 208 Å². The monoisotopic (exact) mass is 501 g/mol. The molecule has 1 aliphatic heterocycles. The number of piperidine rings is 1. The Morgan fingerprint density at radius 3 is 2.53 bits per heavy atom. The standard InChI is InChI=1S/C26H32ClN3O3S/c1-19-17-25(20(2)16-23(19)27)34(32,33)29(4)24-11-7-6-10-22(24)12-13-26(31)28-21(3)18-30-14-8-5-9-15-30/h6-7,10-11,16-17,21H,5,8-9,14-15,18H2,1-4H3,(H,28,31)/t21-/m1/s1. The van der Waals surface area contributed by atoms with Crippen LogP contribution in [0.4, 0.5) is 5.69 Å². The van der Waals surface area contributed by atoms with Crippen LogP contribution in [0.3, 0.4) is 0 Å². The van der Waals surface area contributed by atoms with Crippen LogP contribution >= 0.6 is 11.6 Å². The van der Waals surface area contributed by atoms with Crippen LogP contribution in [0.5, 0.6) is 0 Å². The number of anilines is 1. The van der Waals surface area contributed by atoms with Crippen molar-refractivity contribution in [3.8, 4) is 11.8 Å². The summed E-state index contributed by atoms with van der Waals surface area (Å²) in [5.41, 5.74) is 2.10. The van der Waals surface area contributed by atoms with Crippen LogP contribution in [0, 0.1) is 25.7 Å². The minimum atomic E-state index is -3.86. The fraction of sp³-hybridized carbons (Fsp3) is 0.423. The van der Waals surface area contributed by atoms with E-state index in [4.69, 9.17) is 11.6 Å². The normalized spacial score (nSPS) is 15.2. The minimum Gasteiger partial charge on any atom is -0.342 e. The molecular formula is C26H32ClN3O3S. The maximum atomic E-state index is 13.4. The van der Waals surface area contributed by atoms with Gasteiger partial charge in [0.25, 0.3) is 15.9 Å². The SMILES string of the molecule is Cc1cc(S(=O)(=O)N(C)c2ccccc2C#CC(=O)N[C@H](C)CN2CCCCC2)c(C)cc1Cl. The van der Waals surface area contributed by atoms with Crippen LogP contribution in [0.2, 0.25) is 5.02 Å². The molecule has 0 aromatic heterocycles. The van der Waals surface area contributed by atoms with E-state index >= 15 is 0 Å². The van der Waals surface area contributed by atoms with Crippen molar-refractivity contribution in [2.75, 3.05) is 31.0 Å². The second-order valence-electron chi connectivity index (χ2n) is 8.84. The molecule has 8 heteroatoms. The highest BCUT2D eigenvalue weighted by atomic mass is 35.5. The smallest absolute Gasteiger partial charge is 0.296 e. The van der Waals surface area contributed by atoms with Crippen LogP contribution in [-0.2, 0) is 14.8 Å². The van der Waals surface area contributed by atoms with Crippen molar-refractivity contribution in [3.05, 3.63) is 58.1 Å². The molecule has 0 saturated carbocycles. The van der Waals surface area contributed by atoms with Gasteiger partial charge in [-0.1, -0.05) is 36.1 Å². The Hall–Kier alpha value is -2.53. The fourth-order valence-electron chi connectivity index (χ4n) is 4.12. The third-order valence-corrected chi connectivity index (χ3v) is 8.33. The minimum absolute atomic E-state index is 0.0192. The third kappa shape index (κ3) is 6.32. The maximum Gasteiger partial charge on any atom is 0.296 e. The van der Waals surface area contributed by atoms with E-state index < -0.39 is 10.0 Å². The number of aryl methyl sites for hydroxylation is 2. The van der Waals surface area contributed by atoms with Crippen molar-refractivity contribution >= 4 is 33.2 Å². The van der Waals surface area contributed by atoms with Crippen LogP contribution in [0.25, 0.3) is 0 Å². The molecule has 0 aliphatic carbocycles. The topological polar surface area (TPSA) is 69.7 Å². The molecule has 2 aromatic rings. The first-order valence-electron chi connectivity index (χ1n) is 11.5. The van der Waals surface area contributed by atoms with Crippen molar-refractivity contribution in [3.63, 3.8) is 0 Å². The molecular weight excluding hydrogens is 470 g/mol. The van der Waals surface area contributed by atoms with E-state index in [9.17, 15) is 13.2 Å². The summed E-state index contributed by atoms with van der Waals surface area (Å²) in [6, 6.07) is 10.1. The van der Waals surface area contributed by atoms with Gasteiger partial charge in [-0.15, -0.1) is 0 Å².